The maximum Gasteiger partial charge on any atom is 0.273 e. The highest BCUT2D eigenvalue weighted by atomic mass is 32.1. The second kappa shape index (κ2) is 8.93. The Balaban J connectivity index is 1.67. The van der Waals surface area contributed by atoms with Crippen molar-refractivity contribution in [2.75, 3.05) is 13.1 Å². The molecule has 1 aromatic heterocycles. The Bertz CT molecular complexity index is 933. The maximum atomic E-state index is 13.2. The normalized spacial score (nSPS) is 10.7. The van der Waals surface area contributed by atoms with E-state index in [0.29, 0.717) is 30.1 Å². The molecule has 0 aliphatic heterocycles. The average molecular weight is 402 g/mol. The zero-order valence-electron chi connectivity index (χ0n) is 15.6. The molecule has 0 atom stereocenters. The molecule has 146 valence electrons. The van der Waals surface area contributed by atoms with E-state index in [1.54, 1.807) is 22.4 Å². The Hall–Kier alpha value is -2.80. The number of hydrogen-bond acceptors (Lipinski definition) is 4. The van der Waals surface area contributed by atoms with Crippen LogP contribution in [0.2, 0.25) is 0 Å². The minimum Gasteiger partial charge on any atom is -0.489 e. The topological polar surface area (TPSA) is 42.4 Å². The van der Waals surface area contributed by atoms with Crippen LogP contribution in [0.4, 0.5) is 8.78 Å². The van der Waals surface area contributed by atoms with Crippen molar-refractivity contribution in [1.29, 1.82) is 0 Å². The van der Waals surface area contributed by atoms with E-state index in [9.17, 15) is 13.6 Å². The highest BCUT2D eigenvalue weighted by Crippen LogP contribution is 2.26. The van der Waals surface area contributed by atoms with Gasteiger partial charge < -0.3 is 9.64 Å². The SMILES string of the molecule is CCN(CC)C(=O)c1csc(-c2ccc(OCc3cc(F)cc(F)c3)cc2)n1. The first-order valence-electron chi connectivity index (χ1n) is 8.93. The third kappa shape index (κ3) is 4.72. The van der Waals surface area contributed by atoms with Crippen LogP contribution < -0.4 is 4.74 Å². The number of thiazole rings is 1. The molecular formula is C21H20F2N2O2S. The first kappa shape index (κ1) is 19.9. The van der Waals surface area contributed by atoms with Gasteiger partial charge in [-0.1, -0.05) is 0 Å². The van der Waals surface area contributed by atoms with Crippen LogP contribution in [0.1, 0.15) is 29.9 Å². The summed E-state index contributed by atoms with van der Waals surface area (Å²) in [5.74, 6) is -0.764. The fraction of sp³-hybridized carbons (Fsp3) is 0.238. The van der Waals surface area contributed by atoms with Crippen molar-refractivity contribution in [3.05, 3.63) is 70.7 Å². The minimum absolute atomic E-state index is 0.0633. The molecule has 0 N–H and O–H groups in total. The van der Waals surface area contributed by atoms with E-state index in [-0.39, 0.29) is 12.5 Å². The number of carbonyl (C=O) groups excluding carboxylic acids is 1. The molecule has 3 rings (SSSR count). The van der Waals surface area contributed by atoms with Crippen LogP contribution in [0.25, 0.3) is 10.6 Å². The van der Waals surface area contributed by atoms with Gasteiger partial charge in [0.05, 0.1) is 0 Å². The molecular weight excluding hydrogens is 382 g/mol. The van der Waals surface area contributed by atoms with Crippen LogP contribution in [0.5, 0.6) is 5.75 Å². The molecule has 2 aromatic carbocycles. The van der Waals surface area contributed by atoms with Crippen molar-refractivity contribution in [3.63, 3.8) is 0 Å². The largest absolute Gasteiger partial charge is 0.489 e. The third-order valence-electron chi connectivity index (χ3n) is 4.20. The molecule has 0 fully saturated rings. The Labute approximate surface area is 166 Å². The maximum absolute atomic E-state index is 13.2. The van der Waals surface area contributed by atoms with Gasteiger partial charge in [-0.15, -0.1) is 11.3 Å². The fourth-order valence-corrected chi connectivity index (χ4v) is 3.53. The summed E-state index contributed by atoms with van der Waals surface area (Å²) in [6.45, 7) is 5.22. The molecule has 0 radical (unpaired) electrons. The monoisotopic (exact) mass is 402 g/mol. The Morgan fingerprint density at radius 2 is 1.71 bits per heavy atom. The summed E-state index contributed by atoms with van der Waals surface area (Å²) in [7, 11) is 0. The molecule has 3 aromatic rings. The number of carbonyl (C=O) groups is 1. The molecule has 0 saturated heterocycles. The van der Waals surface area contributed by atoms with Crippen molar-refractivity contribution in [2.24, 2.45) is 0 Å². The summed E-state index contributed by atoms with van der Waals surface area (Å²) in [5.41, 5.74) is 1.73. The summed E-state index contributed by atoms with van der Waals surface area (Å²) in [6.07, 6.45) is 0. The number of nitrogens with zero attached hydrogens (tertiary/aromatic N) is 2. The van der Waals surface area contributed by atoms with Crippen LogP contribution in [0, 0.1) is 11.6 Å². The standard InChI is InChI=1S/C21H20F2N2O2S/c1-3-25(4-2)21(26)19-13-28-20(24-19)15-5-7-18(8-6-15)27-12-14-9-16(22)11-17(23)10-14/h5-11,13H,3-4,12H2,1-2H3. The molecule has 0 saturated carbocycles. The highest BCUT2D eigenvalue weighted by molar-refractivity contribution is 7.13. The molecule has 0 spiro atoms. The smallest absolute Gasteiger partial charge is 0.273 e. The molecule has 4 nitrogen and oxygen atoms in total. The van der Waals surface area contributed by atoms with Crippen molar-refractivity contribution in [2.45, 2.75) is 20.5 Å². The van der Waals surface area contributed by atoms with Crippen LogP contribution in [0.3, 0.4) is 0 Å². The predicted molar refractivity (Wildman–Crippen MR) is 105 cm³/mol. The third-order valence-corrected chi connectivity index (χ3v) is 5.09. The van der Waals surface area contributed by atoms with Crippen LogP contribution in [0.15, 0.2) is 47.8 Å². The van der Waals surface area contributed by atoms with Gasteiger partial charge in [-0.05, 0) is 55.8 Å². The van der Waals surface area contributed by atoms with E-state index in [1.165, 1.54) is 23.5 Å². The van der Waals surface area contributed by atoms with Gasteiger partial charge in [-0.2, -0.15) is 0 Å². The van der Waals surface area contributed by atoms with Crippen LogP contribution in [-0.2, 0) is 6.61 Å². The molecule has 28 heavy (non-hydrogen) atoms. The second-order valence-corrected chi connectivity index (χ2v) is 6.96. The van der Waals surface area contributed by atoms with Crippen molar-refractivity contribution >= 4 is 17.2 Å². The number of benzene rings is 2. The van der Waals surface area contributed by atoms with Crippen LogP contribution in [-0.4, -0.2) is 28.9 Å². The number of rotatable bonds is 7. The number of ether oxygens (including phenoxy) is 1. The van der Waals surface area contributed by atoms with Gasteiger partial charge in [-0.3, -0.25) is 4.79 Å². The van der Waals surface area contributed by atoms with Crippen molar-refractivity contribution < 1.29 is 18.3 Å². The highest BCUT2D eigenvalue weighted by Gasteiger charge is 2.16. The Morgan fingerprint density at radius 1 is 1.07 bits per heavy atom. The lowest BCUT2D eigenvalue weighted by Crippen LogP contribution is -2.30. The summed E-state index contributed by atoms with van der Waals surface area (Å²) >= 11 is 1.41. The van der Waals surface area contributed by atoms with Gasteiger partial charge in [0.15, 0.2) is 0 Å². The second-order valence-electron chi connectivity index (χ2n) is 6.11. The summed E-state index contributed by atoms with van der Waals surface area (Å²) in [6, 6.07) is 10.5. The Morgan fingerprint density at radius 3 is 2.32 bits per heavy atom. The lowest BCUT2D eigenvalue weighted by Gasteiger charge is -2.16. The van der Waals surface area contributed by atoms with E-state index in [1.807, 2.05) is 26.0 Å². The van der Waals surface area contributed by atoms with Gasteiger partial charge in [0.2, 0.25) is 0 Å². The lowest BCUT2D eigenvalue weighted by molar-refractivity contribution is 0.0768. The molecule has 0 aliphatic carbocycles. The molecule has 7 heteroatoms. The summed E-state index contributed by atoms with van der Waals surface area (Å²) in [5, 5.41) is 2.51. The number of amides is 1. The van der Waals surface area contributed by atoms with Crippen molar-refractivity contribution in [1.82, 2.24) is 9.88 Å². The van der Waals surface area contributed by atoms with Gasteiger partial charge in [0, 0.05) is 30.1 Å². The van der Waals surface area contributed by atoms with E-state index in [0.717, 1.165) is 16.6 Å². The van der Waals surface area contributed by atoms with E-state index >= 15 is 0 Å². The van der Waals surface area contributed by atoms with Crippen molar-refractivity contribution in [3.8, 4) is 16.3 Å². The van der Waals surface area contributed by atoms with Gasteiger partial charge in [0.25, 0.3) is 5.91 Å². The fourth-order valence-electron chi connectivity index (χ4n) is 2.73. The van der Waals surface area contributed by atoms with E-state index < -0.39 is 11.6 Å². The zero-order valence-corrected chi connectivity index (χ0v) is 16.4. The zero-order chi connectivity index (χ0) is 20.1. The quantitative estimate of drug-likeness (QED) is 0.549. The van der Waals surface area contributed by atoms with Gasteiger partial charge in [0.1, 0.15) is 34.7 Å². The average Bonchev–Trinajstić information content (AvgIpc) is 3.17. The molecule has 1 amide bonds. The Kier molecular flexibility index (Phi) is 6.36. The molecule has 0 unspecified atom stereocenters. The van der Waals surface area contributed by atoms with E-state index in [4.69, 9.17) is 4.74 Å². The number of hydrogen-bond donors (Lipinski definition) is 0. The summed E-state index contributed by atoms with van der Waals surface area (Å²) in [4.78, 5) is 18.5. The molecule has 0 aliphatic rings. The number of halogens is 2. The molecule has 1 heterocycles. The van der Waals surface area contributed by atoms with E-state index in [2.05, 4.69) is 4.98 Å². The first-order chi connectivity index (χ1) is 13.5. The lowest BCUT2D eigenvalue weighted by atomic mass is 10.2. The molecule has 0 bridgehead atoms. The number of aromatic nitrogens is 1. The predicted octanol–water partition coefficient (Wildman–Crippen LogP) is 5.15. The van der Waals surface area contributed by atoms with Gasteiger partial charge in [-0.25, -0.2) is 13.8 Å². The van der Waals surface area contributed by atoms with Gasteiger partial charge >= 0.3 is 0 Å². The minimum atomic E-state index is -0.632. The first-order valence-corrected chi connectivity index (χ1v) is 9.81. The van der Waals surface area contributed by atoms with Crippen LogP contribution >= 0.6 is 11.3 Å². The summed E-state index contributed by atoms with van der Waals surface area (Å²) < 4.78 is 32.0.